The predicted molar refractivity (Wildman–Crippen MR) is 79.1 cm³/mol. The van der Waals surface area contributed by atoms with Gasteiger partial charge < -0.3 is 15.2 Å². The van der Waals surface area contributed by atoms with Crippen LogP contribution in [-0.4, -0.2) is 41.1 Å². The third-order valence-corrected chi connectivity index (χ3v) is 3.29. The van der Waals surface area contributed by atoms with Gasteiger partial charge in [0.25, 0.3) is 5.91 Å². The zero-order valence-corrected chi connectivity index (χ0v) is 12.4. The Morgan fingerprint density at radius 3 is 2.55 bits per heavy atom. The Morgan fingerprint density at radius 1 is 1.35 bits per heavy atom. The Morgan fingerprint density at radius 2 is 2.00 bits per heavy atom. The van der Waals surface area contributed by atoms with Crippen LogP contribution < -0.4 is 10.1 Å². The first-order valence-electron chi connectivity index (χ1n) is 6.28. The lowest BCUT2D eigenvalue weighted by atomic mass is 10.2. The maximum Gasteiger partial charge on any atom is 0.326 e. The summed E-state index contributed by atoms with van der Waals surface area (Å²) in [6.45, 7) is 1.59. The molecule has 0 saturated heterocycles. The Bertz CT molecular complexity index is 438. The van der Waals surface area contributed by atoms with E-state index in [0.29, 0.717) is 17.9 Å². The zero-order valence-electron chi connectivity index (χ0n) is 11.5. The molecule has 0 bridgehead atoms. The zero-order chi connectivity index (χ0) is 15.0. The summed E-state index contributed by atoms with van der Waals surface area (Å²) in [5, 5.41) is 11.5. The quantitative estimate of drug-likeness (QED) is 0.765. The van der Waals surface area contributed by atoms with Crippen molar-refractivity contribution >= 4 is 23.6 Å². The average Bonchev–Trinajstić information content (AvgIpc) is 2.43. The summed E-state index contributed by atoms with van der Waals surface area (Å²) in [5.41, 5.74) is 0. The van der Waals surface area contributed by atoms with Gasteiger partial charge in [-0.25, -0.2) is 4.79 Å². The third-order valence-electron chi connectivity index (χ3n) is 2.65. The molecule has 1 rings (SSSR count). The molecule has 0 heterocycles. The number of carboxylic acids is 1. The van der Waals surface area contributed by atoms with Crippen LogP contribution in [0, 0.1) is 0 Å². The molecule has 0 fully saturated rings. The van der Waals surface area contributed by atoms with Gasteiger partial charge in [-0.1, -0.05) is 18.2 Å². The smallest absolute Gasteiger partial charge is 0.326 e. The molecule has 1 aromatic carbocycles. The van der Waals surface area contributed by atoms with Crippen molar-refractivity contribution in [3.63, 3.8) is 0 Å². The van der Waals surface area contributed by atoms with Gasteiger partial charge in [0.15, 0.2) is 6.10 Å². The fourth-order valence-corrected chi connectivity index (χ4v) is 2.01. The Hall–Kier alpha value is -1.69. The molecular formula is C14H19NO4S. The summed E-state index contributed by atoms with van der Waals surface area (Å²) < 4.78 is 5.45. The van der Waals surface area contributed by atoms with Crippen LogP contribution in [0.1, 0.15) is 13.3 Å². The number of rotatable bonds is 8. The normalized spacial score (nSPS) is 13.3. The molecule has 6 heteroatoms. The number of para-hydroxylation sites is 1. The van der Waals surface area contributed by atoms with Gasteiger partial charge in [-0.3, -0.25) is 4.79 Å². The van der Waals surface area contributed by atoms with E-state index >= 15 is 0 Å². The predicted octanol–water partition coefficient (Wildman–Crippen LogP) is 1.78. The number of aliphatic carboxylic acids is 1. The third kappa shape index (κ3) is 5.52. The minimum Gasteiger partial charge on any atom is -0.481 e. The highest BCUT2D eigenvalue weighted by molar-refractivity contribution is 7.98. The van der Waals surface area contributed by atoms with Crippen LogP contribution in [0.25, 0.3) is 0 Å². The van der Waals surface area contributed by atoms with Crippen LogP contribution in [-0.2, 0) is 9.59 Å². The van der Waals surface area contributed by atoms with E-state index in [0.717, 1.165) is 0 Å². The van der Waals surface area contributed by atoms with Crippen molar-refractivity contribution in [2.45, 2.75) is 25.5 Å². The lowest BCUT2D eigenvalue weighted by molar-refractivity contribution is -0.142. The van der Waals surface area contributed by atoms with Crippen molar-refractivity contribution in [2.24, 2.45) is 0 Å². The molecule has 20 heavy (non-hydrogen) atoms. The largest absolute Gasteiger partial charge is 0.481 e. The molecule has 2 N–H and O–H groups in total. The van der Waals surface area contributed by atoms with Crippen molar-refractivity contribution in [2.75, 3.05) is 12.0 Å². The minimum absolute atomic E-state index is 0.389. The number of carboxylic acid groups (broad SMARTS) is 1. The monoisotopic (exact) mass is 297 g/mol. The van der Waals surface area contributed by atoms with Gasteiger partial charge in [0.2, 0.25) is 0 Å². The number of carbonyl (C=O) groups is 2. The van der Waals surface area contributed by atoms with E-state index in [1.807, 2.05) is 12.3 Å². The van der Waals surface area contributed by atoms with Crippen molar-refractivity contribution in [1.82, 2.24) is 5.32 Å². The summed E-state index contributed by atoms with van der Waals surface area (Å²) in [6.07, 6.45) is 1.54. The number of nitrogens with one attached hydrogen (secondary N) is 1. The van der Waals surface area contributed by atoms with Crippen LogP contribution in [0.15, 0.2) is 30.3 Å². The molecule has 110 valence electrons. The first kappa shape index (κ1) is 16.4. The summed E-state index contributed by atoms with van der Waals surface area (Å²) in [6, 6.07) is 8.06. The molecule has 0 aliphatic rings. The fourth-order valence-electron chi connectivity index (χ4n) is 1.54. The number of thioether (sulfide) groups is 1. The Kier molecular flexibility index (Phi) is 6.93. The number of carbonyl (C=O) groups excluding carboxylic acids is 1. The van der Waals surface area contributed by atoms with Gasteiger partial charge in [-0.05, 0) is 37.5 Å². The second kappa shape index (κ2) is 8.47. The van der Waals surface area contributed by atoms with E-state index in [4.69, 9.17) is 9.84 Å². The van der Waals surface area contributed by atoms with E-state index in [9.17, 15) is 9.59 Å². The van der Waals surface area contributed by atoms with Crippen molar-refractivity contribution in [3.8, 4) is 5.75 Å². The molecule has 1 unspecified atom stereocenters. The standard InChI is InChI=1S/C14H19NO4S/c1-10(19-11-6-4-3-5-7-11)13(16)15-12(14(17)18)8-9-20-2/h3-7,10,12H,8-9H2,1-2H3,(H,15,16)(H,17,18)/t10?,12-/m0/s1. The van der Waals surface area contributed by atoms with Gasteiger partial charge in [-0.2, -0.15) is 11.8 Å². The summed E-state index contributed by atoms with van der Waals surface area (Å²) >= 11 is 1.54. The van der Waals surface area contributed by atoms with Gasteiger partial charge >= 0.3 is 5.97 Å². The van der Waals surface area contributed by atoms with E-state index in [1.54, 1.807) is 31.2 Å². The summed E-state index contributed by atoms with van der Waals surface area (Å²) in [7, 11) is 0. The molecule has 5 nitrogen and oxygen atoms in total. The maximum absolute atomic E-state index is 11.9. The number of ether oxygens (including phenoxy) is 1. The highest BCUT2D eigenvalue weighted by atomic mass is 32.2. The molecule has 0 radical (unpaired) electrons. The number of benzene rings is 1. The molecular weight excluding hydrogens is 278 g/mol. The highest BCUT2D eigenvalue weighted by Gasteiger charge is 2.23. The molecule has 0 aliphatic heterocycles. The summed E-state index contributed by atoms with van der Waals surface area (Å²) in [5.74, 6) is -0.210. The van der Waals surface area contributed by atoms with Crippen LogP contribution in [0.4, 0.5) is 0 Å². The van der Waals surface area contributed by atoms with E-state index in [2.05, 4.69) is 5.32 Å². The van der Waals surface area contributed by atoms with Crippen LogP contribution in [0.2, 0.25) is 0 Å². The fraction of sp³-hybridized carbons (Fsp3) is 0.429. The summed E-state index contributed by atoms with van der Waals surface area (Å²) in [4.78, 5) is 23.0. The highest BCUT2D eigenvalue weighted by Crippen LogP contribution is 2.11. The molecule has 2 atom stereocenters. The number of hydrogen-bond donors (Lipinski definition) is 2. The van der Waals surface area contributed by atoms with Crippen molar-refractivity contribution in [3.05, 3.63) is 30.3 Å². The van der Waals surface area contributed by atoms with Crippen LogP contribution >= 0.6 is 11.8 Å². The van der Waals surface area contributed by atoms with E-state index in [1.165, 1.54) is 11.8 Å². The second-order valence-corrected chi connectivity index (χ2v) is 5.24. The molecule has 0 spiro atoms. The molecule has 1 aromatic rings. The van der Waals surface area contributed by atoms with E-state index < -0.39 is 24.0 Å². The number of amides is 1. The van der Waals surface area contributed by atoms with Gasteiger partial charge in [0, 0.05) is 0 Å². The second-order valence-electron chi connectivity index (χ2n) is 4.25. The first-order valence-corrected chi connectivity index (χ1v) is 7.67. The van der Waals surface area contributed by atoms with Crippen molar-refractivity contribution in [1.29, 1.82) is 0 Å². The lowest BCUT2D eigenvalue weighted by Crippen LogP contribution is -2.46. The maximum atomic E-state index is 11.9. The van der Waals surface area contributed by atoms with E-state index in [-0.39, 0.29) is 0 Å². The van der Waals surface area contributed by atoms with Gasteiger partial charge in [0.05, 0.1) is 0 Å². The Labute approximate surface area is 122 Å². The average molecular weight is 297 g/mol. The Balaban J connectivity index is 2.53. The van der Waals surface area contributed by atoms with Gasteiger partial charge in [0.1, 0.15) is 11.8 Å². The number of hydrogen-bond acceptors (Lipinski definition) is 4. The molecule has 1 amide bonds. The molecule has 0 aliphatic carbocycles. The molecule has 0 saturated carbocycles. The minimum atomic E-state index is -1.03. The SMILES string of the molecule is CSCC[C@H](NC(=O)C(C)Oc1ccccc1)C(=O)O. The van der Waals surface area contributed by atoms with Gasteiger partial charge in [-0.15, -0.1) is 0 Å². The lowest BCUT2D eigenvalue weighted by Gasteiger charge is -2.18. The molecule has 0 aromatic heterocycles. The topological polar surface area (TPSA) is 75.6 Å². The van der Waals surface area contributed by atoms with Crippen molar-refractivity contribution < 1.29 is 19.4 Å². The first-order chi connectivity index (χ1) is 9.54. The van der Waals surface area contributed by atoms with Crippen LogP contribution in [0.5, 0.6) is 5.75 Å². The van der Waals surface area contributed by atoms with Crippen LogP contribution in [0.3, 0.4) is 0 Å².